The summed E-state index contributed by atoms with van der Waals surface area (Å²) in [5.74, 6) is 1.31. The molecule has 0 bridgehead atoms. The minimum Gasteiger partial charge on any atom is -0.383 e. The maximum absolute atomic E-state index is 6.03. The van der Waals surface area contributed by atoms with Crippen molar-refractivity contribution in [3.05, 3.63) is 36.0 Å². The fourth-order valence-corrected chi connectivity index (χ4v) is 2.42. The molecule has 0 unspecified atom stereocenters. The van der Waals surface area contributed by atoms with Crippen molar-refractivity contribution in [1.82, 2.24) is 19.3 Å². The average molecular weight is 285 g/mol. The summed E-state index contributed by atoms with van der Waals surface area (Å²) >= 11 is 0. The van der Waals surface area contributed by atoms with Crippen LogP contribution in [-0.2, 0) is 11.3 Å². The zero-order chi connectivity index (χ0) is 14.8. The maximum atomic E-state index is 6.03. The third-order valence-electron chi connectivity index (χ3n) is 3.35. The Morgan fingerprint density at radius 1 is 1.29 bits per heavy atom. The number of fused-ring (bicyclic) bond motifs is 1. The monoisotopic (exact) mass is 285 g/mol. The molecule has 3 aromatic rings. The van der Waals surface area contributed by atoms with Gasteiger partial charge < -0.3 is 15.0 Å². The smallest absolute Gasteiger partial charge is 0.233 e. The molecule has 0 radical (unpaired) electrons. The number of nitrogens with zero attached hydrogens (tertiary/aromatic N) is 4. The molecule has 0 aliphatic heterocycles. The van der Waals surface area contributed by atoms with Crippen molar-refractivity contribution in [1.29, 1.82) is 0 Å². The Bertz CT molecular complexity index is 759. The van der Waals surface area contributed by atoms with Crippen LogP contribution in [0.4, 0.5) is 5.82 Å². The van der Waals surface area contributed by atoms with Gasteiger partial charge in [-0.05, 0) is 26.0 Å². The lowest BCUT2D eigenvalue weighted by atomic mass is 10.3. The summed E-state index contributed by atoms with van der Waals surface area (Å²) in [5, 5.41) is 4.43. The highest BCUT2D eigenvalue weighted by Crippen LogP contribution is 2.21. The maximum Gasteiger partial charge on any atom is 0.233 e. The molecule has 2 aromatic heterocycles. The van der Waals surface area contributed by atoms with Crippen molar-refractivity contribution >= 4 is 16.9 Å². The van der Waals surface area contributed by atoms with Crippen LogP contribution < -0.4 is 5.73 Å². The Morgan fingerprint density at radius 2 is 2.10 bits per heavy atom. The van der Waals surface area contributed by atoms with Crippen LogP contribution in [0.2, 0.25) is 0 Å². The summed E-state index contributed by atoms with van der Waals surface area (Å²) in [4.78, 5) is 4.66. The van der Waals surface area contributed by atoms with Gasteiger partial charge in [-0.2, -0.15) is 9.78 Å². The first-order chi connectivity index (χ1) is 10.2. The Kier molecular flexibility index (Phi) is 3.62. The zero-order valence-electron chi connectivity index (χ0n) is 12.3. The normalized spacial score (nSPS) is 11.3. The van der Waals surface area contributed by atoms with Crippen molar-refractivity contribution < 1.29 is 4.74 Å². The van der Waals surface area contributed by atoms with Gasteiger partial charge in [0.05, 0.1) is 23.3 Å². The number of hydrogen-bond donors (Lipinski definition) is 1. The Morgan fingerprint density at radius 3 is 2.81 bits per heavy atom. The Hall–Kier alpha value is -2.34. The second kappa shape index (κ2) is 5.57. The number of imidazole rings is 1. The van der Waals surface area contributed by atoms with Gasteiger partial charge in [0.1, 0.15) is 5.82 Å². The zero-order valence-corrected chi connectivity index (χ0v) is 12.3. The van der Waals surface area contributed by atoms with E-state index in [9.17, 15) is 0 Å². The van der Waals surface area contributed by atoms with E-state index in [0.29, 0.717) is 25.6 Å². The second-order valence-electron chi connectivity index (χ2n) is 4.87. The van der Waals surface area contributed by atoms with E-state index in [2.05, 4.69) is 14.6 Å². The highest BCUT2D eigenvalue weighted by molar-refractivity contribution is 5.77. The topological polar surface area (TPSA) is 70.9 Å². The molecule has 110 valence electrons. The molecule has 21 heavy (non-hydrogen) atoms. The SMILES string of the molecule is CCOCCn1c(-n2nc(C)cc2N)nc2ccccc21. The van der Waals surface area contributed by atoms with E-state index in [1.165, 1.54) is 0 Å². The summed E-state index contributed by atoms with van der Waals surface area (Å²) in [6, 6.07) is 9.85. The number of hydrogen-bond acceptors (Lipinski definition) is 4. The molecule has 2 heterocycles. The largest absolute Gasteiger partial charge is 0.383 e. The number of benzene rings is 1. The van der Waals surface area contributed by atoms with Gasteiger partial charge in [0.15, 0.2) is 0 Å². The summed E-state index contributed by atoms with van der Waals surface area (Å²) in [6.45, 7) is 5.94. The first kappa shape index (κ1) is 13.6. The van der Waals surface area contributed by atoms with Crippen molar-refractivity contribution in [3.63, 3.8) is 0 Å². The third kappa shape index (κ3) is 2.50. The van der Waals surface area contributed by atoms with E-state index in [1.54, 1.807) is 4.68 Å². The van der Waals surface area contributed by atoms with Gasteiger partial charge in [-0.1, -0.05) is 12.1 Å². The van der Waals surface area contributed by atoms with Gasteiger partial charge in [-0.3, -0.25) is 0 Å². The number of ether oxygens (including phenoxy) is 1. The van der Waals surface area contributed by atoms with Gasteiger partial charge in [0, 0.05) is 19.2 Å². The van der Waals surface area contributed by atoms with Gasteiger partial charge in [0.2, 0.25) is 5.95 Å². The molecule has 6 heteroatoms. The van der Waals surface area contributed by atoms with Gasteiger partial charge >= 0.3 is 0 Å². The molecule has 0 saturated heterocycles. The van der Waals surface area contributed by atoms with Crippen molar-refractivity contribution in [2.75, 3.05) is 18.9 Å². The lowest BCUT2D eigenvalue weighted by molar-refractivity contribution is 0.139. The number of para-hydroxylation sites is 2. The molecule has 0 aliphatic carbocycles. The van der Waals surface area contributed by atoms with Crippen LogP contribution in [0.15, 0.2) is 30.3 Å². The van der Waals surface area contributed by atoms with Crippen LogP contribution in [-0.4, -0.2) is 32.5 Å². The number of nitrogens with two attached hydrogens (primary N) is 1. The lowest BCUT2D eigenvalue weighted by Crippen LogP contribution is -2.13. The molecule has 0 amide bonds. The summed E-state index contributed by atoms with van der Waals surface area (Å²) < 4.78 is 9.25. The van der Waals surface area contributed by atoms with Crippen molar-refractivity contribution in [2.45, 2.75) is 20.4 Å². The standard InChI is InChI=1S/C15H19N5O/c1-3-21-9-8-19-13-7-5-4-6-12(13)17-15(19)20-14(16)10-11(2)18-20/h4-7,10H,3,8-9,16H2,1-2H3. The number of rotatable bonds is 5. The average Bonchev–Trinajstić information content (AvgIpc) is 2.99. The first-order valence-electron chi connectivity index (χ1n) is 7.06. The van der Waals surface area contributed by atoms with E-state index in [0.717, 1.165) is 22.7 Å². The van der Waals surface area contributed by atoms with Crippen LogP contribution in [0, 0.1) is 6.92 Å². The van der Waals surface area contributed by atoms with Gasteiger partial charge in [-0.25, -0.2) is 4.98 Å². The lowest BCUT2D eigenvalue weighted by Gasteiger charge is -2.09. The molecule has 0 saturated carbocycles. The fourth-order valence-electron chi connectivity index (χ4n) is 2.42. The number of aromatic nitrogens is 4. The molecule has 0 spiro atoms. The van der Waals surface area contributed by atoms with Crippen LogP contribution >= 0.6 is 0 Å². The van der Waals surface area contributed by atoms with Gasteiger partial charge in [-0.15, -0.1) is 0 Å². The summed E-state index contributed by atoms with van der Waals surface area (Å²) in [7, 11) is 0. The quantitative estimate of drug-likeness (QED) is 0.729. The Balaban J connectivity index is 2.12. The summed E-state index contributed by atoms with van der Waals surface area (Å²) in [5.41, 5.74) is 8.89. The van der Waals surface area contributed by atoms with Crippen LogP contribution in [0.3, 0.4) is 0 Å². The Labute approximate surface area is 123 Å². The van der Waals surface area contributed by atoms with Gasteiger partial charge in [0.25, 0.3) is 0 Å². The molecular weight excluding hydrogens is 266 g/mol. The van der Waals surface area contributed by atoms with E-state index < -0.39 is 0 Å². The minimum absolute atomic E-state index is 0.584. The number of aryl methyl sites for hydroxylation is 1. The molecule has 6 nitrogen and oxygen atoms in total. The van der Waals surface area contributed by atoms with Crippen LogP contribution in [0.25, 0.3) is 17.0 Å². The van der Waals surface area contributed by atoms with E-state index in [4.69, 9.17) is 10.5 Å². The van der Waals surface area contributed by atoms with Crippen LogP contribution in [0.1, 0.15) is 12.6 Å². The summed E-state index contributed by atoms with van der Waals surface area (Å²) in [6.07, 6.45) is 0. The predicted molar refractivity (Wildman–Crippen MR) is 82.5 cm³/mol. The molecule has 0 atom stereocenters. The molecule has 2 N–H and O–H groups in total. The van der Waals surface area contributed by atoms with E-state index in [1.807, 2.05) is 44.2 Å². The molecule has 3 rings (SSSR count). The molecular formula is C15H19N5O. The van der Waals surface area contributed by atoms with Crippen LogP contribution in [0.5, 0.6) is 0 Å². The highest BCUT2D eigenvalue weighted by Gasteiger charge is 2.15. The van der Waals surface area contributed by atoms with E-state index in [-0.39, 0.29) is 0 Å². The number of nitrogen functional groups attached to an aromatic ring is 1. The van der Waals surface area contributed by atoms with E-state index >= 15 is 0 Å². The predicted octanol–water partition coefficient (Wildman–Crippen LogP) is 2.15. The third-order valence-corrected chi connectivity index (χ3v) is 3.35. The molecule has 0 aliphatic rings. The number of anilines is 1. The van der Waals surface area contributed by atoms with Crippen molar-refractivity contribution in [2.24, 2.45) is 0 Å². The fraction of sp³-hybridized carbons (Fsp3) is 0.333. The molecule has 0 fully saturated rings. The minimum atomic E-state index is 0.584. The molecule has 1 aromatic carbocycles. The second-order valence-corrected chi connectivity index (χ2v) is 4.87. The van der Waals surface area contributed by atoms with Crippen molar-refractivity contribution in [3.8, 4) is 5.95 Å². The first-order valence-corrected chi connectivity index (χ1v) is 7.06. The highest BCUT2D eigenvalue weighted by atomic mass is 16.5.